The molecule has 0 spiro atoms. The zero-order valence-electron chi connectivity index (χ0n) is 13.7. The molecule has 23 heavy (non-hydrogen) atoms. The second kappa shape index (κ2) is 5.98. The first-order valence-electron chi connectivity index (χ1n) is 7.78. The van der Waals surface area contributed by atoms with Crippen molar-refractivity contribution in [3.63, 3.8) is 0 Å². The van der Waals surface area contributed by atoms with E-state index in [1.807, 2.05) is 13.0 Å². The van der Waals surface area contributed by atoms with Crippen molar-refractivity contribution in [2.45, 2.75) is 19.8 Å². The number of hydrogen-bond donors (Lipinski definition) is 1. The van der Waals surface area contributed by atoms with Gasteiger partial charge >= 0.3 is 0 Å². The van der Waals surface area contributed by atoms with Crippen molar-refractivity contribution >= 4 is 22.8 Å². The van der Waals surface area contributed by atoms with Gasteiger partial charge in [-0.15, -0.1) is 0 Å². The minimum Gasteiger partial charge on any atom is -0.349 e. The highest BCUT2D eigenvalue weighted by atomic mass is 16.2. The van der Waals surface area contributed by atoms with Crippen LogP contribution in [0.1, 0.15) is 28.9 Å². The van der Waals surface area contributed by atoms with Crippen LogP contribution >= 0.6 is 0 Å². The molecule has 0 saturated carbocycles. The molecule has 0 aromatic carbocycles. The highest BCUT2D eigenvalue weighted by Gasteiger charge is 2.28. The Kier molecular flexibility index (Phi) is 4.02. The fourth-order valence-electron chi connectivity index (χ4n) is 3.01. The van der Waals surface area contributed by atoms with Gasteiger partial charge in [0.05, 0.1) is 5.56 Å². The smallest absolute Gasteiger partial charge is 0.255 e. The van der Waals surface area contributed by atoms with Crippen LogP contribution in [0.4, 0.5) is 0 Å². The van der Waals surface area contributed by atoms with Gasteiger partial charge in [0.15, 0.2) is 5.65 Å². The number of nitrogens with zero attached hydrogens (tertiary/aromatic N) is 4. The molecule has 0 unspecified atom stereocenters. The summed E-state index contributed by atoms with van der Waals surface area (Å²) in [6.45, 7) is 3.11. The highest BCUT2D eigenvalue weighted by molar-refractivity contribution is 5.97. The standard InChI is InChI=1S/C16H21N5O2/c1-10-13-8-12(9-17-14(13)19-18-10)16(23)21-6-4-11(5-7-21)15(22)20(2)3/h8-9,11H,4-7H2,1-3H3,(H,17,18,19). The Balaban J connectivity index is 1.71. The minimum atomic E-state index is -0.0317. The SMILES string of the molecule is Cc1[nH]nc2ncc(C(=O)N3CCC(C(=O)N(C)C)CC3)cc12. The van der Waals surface area contributed by atoms with E-state index in [1.165, 1.54) is 0 Å². The summed E-state index contributed by atoms with van der Waals surface area (Å²) < 4.78 is 0. The first kappa shape index (κ1) is 15.5. The summed E-state index contributed by atoms with van der Waals surface area (Å²) in [5.41, 5.74) is 2.09. The average Bonchev–Trinajstić information content (AvgIpc) is 2.94. The van der Waals surface area contributed by atoms with Gasteiger partial charge in [-0.25, -0.2) is 4.98 Å². The van der Waals surface area contributed by atoms with Crippen molar-refractivity contribution in [1.82, 2.24) is 25.0 Å². The van der Waals surface area contributed by atoms with Crippen LogP contribution in [0, 0.1) is 12.8 Å². The number of nitrogens with one attached hydrogen (secondary N) is 1. The fraction of sp³-hybridized carbons (Fsp3) is 0.500. The molecule has 3 heterocycles. The van der Waals surface area contributed by atoms with Gasteiger partial charge in [-0.05, 0) is 25.8 Å². The van der Waals surface area contributed by atoms with Crippen LogP contribution in [0.2, 0.25) is 0 Å². The van der Waals surface area contributed by atoms with E-state index in [-0.39, 0.29) is 17.7 Å². The molecule has 2 amide bonds. The molecule has 2 aromatic heterocycles. The van der Waals surface area contributed by atoms with Gasteiger partial charge in [-0.3, -0.25) is 14.7 Å². The monoisotopic (exact) mass is 315 g/mol. The topological polar surface area (TPSA) is 82.2 Å². The second-order valence-corrected chi connectivity index (χ2v) is 6.24. The number of H-pyrrole nitrogens is 1. The van der Waals surface area contributed by atoms with Gasteiger partial charge in [-0.2, -0.15) is 5.10 Å². The van der Waals surface area contributed by atoms with Crippen LogP contribution in [0.3, 0.4) is 0 Å². The van der Waals surface area contributed by atoms with E-state index in [0.29, 0.717) is 37.1 Å². The van der Waals surface area contributed by atoms with E-state index < -0.39 is 0 Å². The number of likely N-dealkylation sites (tertiary alicyclic amines) is 1. The maximum absolute atomic E-state index is 12.6. The second-order valence-electron chi connectivity index (χ2n) is 6.24. The molecule has 1 fully saturated rings. The van der Waals surface area contributed by atoms with E-state index in [2.05, 4.69) is 15.2 Å². The van der Waals surface area contributed by atoms with Crippen LogP contribution in [0.25, 0.3) is 11.0 Å². The summed E-state index contributed by atoms with van der Waals surface area (Å²) in [7, 11) is 3.54. The Morgan fingerprint density at radius 1 is 1.30 bits per heavy atom. The van der Waals surface area contributed by atoms with E-state index in [9.17, 15) is 9.59 Å². The van der Waals surface area contributed by atoms with Crippen molar-refractivity contribution in [2.75, 3.05) is 27.2 Å². The number of pyridine rings is 1. The predicted octanol–water partition coefficient (Wildman–Crippen LogP) is 1.21. The number of amides is 2. The van der Waals surface area contributed by atoms with Crippen molar-refractivity contribution in [3.05, 3.63) is 23.5 Å². The zero-order chi connectivity index (χ0) is 16.6. The molecule has 7 nitrogen and oxygen atoms in total. The summed E-state index contributed by atoms with van der Waals surface area (Å²) >= 11 is 0. The normalized spacial score (nSPS) is 15.9. The van der Waals surface area contributed by atoms with Crippen molar-refractivity contribution in [2.24, 2.45) is 5.92 Å². The molecule has 1 aliphatic heterocycles. The lowest BCUT2D eigenvalue weighted by Crippen LogP contribution is -2.42. The third-order valence-corrected chi connectivity index (χ3v) is 4.42. The number of aromatic nitrogens is 3. The Morgan fingerprint density at radius 2 is 2.00 bits per heavy atom. The maximum Gasteiger partial charge on any atom is 0.255 e. The molecule has 1 aliphatic rings. The van der Waals surface area contributed by atoms with E-state index in [4.69, 9.17) is 0 Å². The number of aromatic amines is 1. The zero-order valence-corrected chi connectivity index (χ0v) is 13.7. The summed E-state index contributed by atoms with van der Waals surface area (Å²) in [5.74, 6) is 0.135. The summed E-state index contributed by atoms with van der Waals surface area (Å²) in [6, 6.07) is 1.83. The van der Waals surface area contributed by atoms with Gasteiger partial charge < -0.3 is 9.80 Å². The number of piperidine rings is 1. The van der Waals surface area contributed by atoms with Crippen LogP contribution in [0.5, 0.6) is 0 Å². The maximum atomic E-state index is 12.6. The Morgan fingerprint density at radius 3 is 2.65 bits per heavy atom. The van der Waals surface area contributed by atoms with Gasteiger partial charge in [0.2, 0.25) is 5.91 Å². The molecule has 0 aliphatic carbocycles. The van der Waals surface area contributed by atoms with Crippen LogP contribution in [0.15, 0.2) is 12.3 Å². The number of aryl methyl sites for hydroxylation is 1. The number of fused-ring (bicyclic) bond motifs is 1. The lowest BCUT2D eigenvalue weighted by atomic mass is 9.95. The molecule has 1 saturated heterocycles. The number of carbonyl (C=O) groups is 2. The highest BCUT2D eigenvalue weighted by Crippen LogP contribution is 2.22. The van der Waals surface area contributed by atoms with E-state index >= 15 is 0 Å². The molecule has 1 N–H and O–H groups in total. The summed E-state index contributed by atoms with van der Waals surface area (Å²) in [5, 5.41) is 7.81. The van der Waals surface area contributed by atoms with Gasteiger partial charge in [0.1, 0.15) is 0 Å². The third kappa shape index (κ3) is 2.91. The predicted molar refractivity (Wildman–Crippen MR) is 85.9 cm³/mol. The number of rotatable bonds is 2. The lowest BCUT2D eigenvalue weighted by Gasteiger charge is -2.32. The molecule has 0 radical (unpaired) electrons. The lowest BCUT2D eigenvalue weighted by molar-refractivity contribution is -0.134. The molecular weight excluding hydrogens is 294 g/mol. The fourth-order valence-corrected chi connectivity index (χ4v) is 3.01. The van der Waals surface area contributed by atoms with Crippen molar-refractivity contribution < 1.29 is 9.59 Å². The molecule has 0 atom stereocenters. The number of carbonyl (C=O) groups excluding carboxylic acids is 2. The van der Waals surface area contributed by atoms with Crippen LogP contribution in [-0.4, -0.2) is 64.0 Å². The van der Waals surface area contributed by atoms with Crippen LogP contribution < -0.4 is 0 Å². The molecule has 2 aromatic rings. The largest absolute Gasteiger partial charge is 0.349 e. The Labute approximate surface area is 134 Å². The molecule has 0 bridgehead atoms. The Bertz CT molecular complexity index is 744. The molecule has 3 rings (SSSR count). The van der Waals surface area contributed by atoms with E-state index in [0.717, 1.165) is 11.1 Å². The molecule has 7 heteroatoms. The van der Waals surface area contributed by atoms with Gasteiger partial charge in [-0.1, -0.05) is 0 Å². The molecular formula is C16H21N5O2. The van der Waals surface area contributed by atoms with E-state index in [1.54, 1.807) is 30.1 Å². The quantitative estimate of drug-likeness (QED) is 0.903. The average molecular weight is 315 g/mol. The Hall–Kier alpha value is -2.44. The first-order valence-corrected chi connectivity index (χ1v) is 7.78. The summed E-state index contributed by atoms with van der Waals surface area (Å²) in [6.07, 6.45) is 2.99. The molecule has 122 valence electrons. The minimum absolute atomic E-state index is 0.0192. The van der Waals surface area contributed by atoms with Crippen molar-refractivity contribution in [1.29, 1.82) is 0 Å². The first-order chi connectivity index (χ1) is 11.0. The van der Waals surface area contributed by atoms with Gasteiger partial charge in [0.25, 0.3) is 5.91 Å². The van der Waals surface area contributed by atoms with Crippen LogP contribution in [-0.2, 0) is 4.79 Å². The third-order valence-electron chi connectivity index (χ3n) is 4.42. The van der Waals surface area contributed by atoms with Gasteiger partial charge in [0, 0.05) is 50.4 Å². The summed E-state index contributed by atoms with van der Waals surface area (Å²) in [4.78, 5) is 32.3. The number of hydrogen-bond acceptors (Lipinski definition) is 4. The van der Waals surface area contributed by atoms with Crippen molar-refractivity contribution in [3.8, 4) is 0 Å².